The van der Waals surface area contributed by atoms with Crippen molar-refractivity contribution >= 4 is 17.5 Å². The smallest absolute Gasteiger partial charge is 0.165 e. The summed E-state index contributed by atoms with van der Waals surface area (Å²) in [6, 6.07) is 7.99. The summed E-state index contributed by atoms with van der Waals surface area (Å²) in [6.45, 7) is 4.33. The average molecular weight is 238 g/mol. The third-order valence-corrected chi connectivity index (χ3v) is 3.14. The predicted octanol–water partition coefficient (Wildman–Crippen LogP) is 3.47. The molecule has 0 radical (unpaired) electrons. The van der Waals surface area contributed by atoms with Crippen LogP contribution in [0.5, 0.6) is 0 Å². The van der Waals surface area contributed by atoms with Crippen molar-refractivity contribution in [1.29, 1.82) is 0 Å². The molecule has 0 aliphatic heterocycles. The lowest BCUT2D eigenvalue weighted by atomic mass is 10.0. The van der Waals surface area contributed by atoms with E-state index >= 15 is 0 Å². The highest BCUT2D eigenvalue weighted by Gasteiger charge is 2.18. The molecular formula is C13H18O2S. The number of ether oxygens (including phenoxy) is 1. The van der Waals surface area contributed by atoms with Gasteiger partial charge in [0.15, 0.2) is 5.78 Å². The summed E-state index contributed by atoms with van der Waals surface area (Å²) in [4.78, 5) is 12.9. The highest BCUT2D eigenvalue weighted by molar-refractivity contribution is 7.98. The minimum Gasteiger partial charge on any atom is -0.366 e. The van der Waals surface area contributed by atoms with Crippen molar-refractivity contribution in [2.24, 2.45) is 0 Å². The quantitative estimate of drug-likeness (QED) is 0.710. The van der Waals surface area contributed by atoms with Crippen LogP contribution in [0.15, 0.2) is 29.2 Å². The summed E-state index contributed by atoms with van der Waals surface area (Å²) in [5, 5.41) is 0. The number of hydrogen-bond acceptors (Lipinski definition) is 3. The number of thioether (sulfide) groups is 1. The zero-order chi connectivity index (χ0) is 12.0. The molecule has 0 spiro atoms. The zero-order valence-corrected chi connectivity index (χ0v) is 10.8. The first-order valence-electron chi connectivity index (χ1n) is 5.51. The van der Waals surface area contributed by atoms with Gasteiger partial charge in [0.1, 0.15) is 6.10 Å². The molecule has 0 bridgehead atoms. The van der Waals surface area contributed by atoms with E-state index in [-0.39, 0.29) is 5.78 Å². The summed E-state index contributed by atoms with van der Waals surface area (Å²) in [5.41, 5.74) is 0.950. The van der Waals surface area contributed by atoms with Crippen molar-refractivity contribution in [3.63, 3.8) is 0 Å². The van der Waals surface area contributed by atoms with E-state index in [4.69, 9.17) is 4.74 Å². The van der Waals surface area contributed by atoms with Crippen LogP contribution < -0.4 is 0 Å². The first-order valence-corrected chi connectivity index (χ1v) is 6.73. The van der Waals surface area contributed by atoms with E-state index < -0.39 is 6.10 Å². The highest BCUT2D eigenvalue weighted by atomic mass is 32.2. The number of carbonyl (C=O) groups excluding carboxylic acids is 1. The fourth-order valence-corrected chi connectivity index (χ4v) is 1.91. The zero-order valence-electron chi connectivity index (χ0n) is 10.0. The Kier molecular flexibility index (Phi) is 5.56. The number of carbonyl (C=O) groups is 1. The molecule has 88 valence electrons. The van der Waals surface area contributed by atoms with Crippen LogP contribution in [0.3, 0.4) is 0 Å². The van der Waals surface area contributed by atoms with Gasteiger partial charge in [0.2, 0.25) is 0 Å². The maximum atomic E-state index is 11.7. The number of ketones is 1. The Morgan fingerprint density at radius 2 is 1.94 bits per heavy atom. The van der Waals surface area contributed by atoms with E-state index in [1.54, 1.807) is 11.8 Å². The molecule has 1 atom stereocenters. The van der Waals surface area contributed by atoms with Crippen LogP contribution in [0.1, 0.15) is 31.9 Å². The second-order valence-electron chi connectivity index (χ2n) is 3.43. The van der Waals surface area contributed by atoms with Gasteiger partial charge in [-0.15, -0.1) is 11.8 Å². The van der Waals surface area contributed by atoms with Crippen LogP contribution in [0.4, 0.5) is 0 Å². The molecular weight excluding hydrogens is 220 g/mol. The SMILES string of the molecule is CCOC(C(=O)CC)c1ccc(SC)cc1. The number of hydrogen-bond donors (Lipinski definition) is 0. The Balaban J connectivity index is 2.87. The molecule has 0 saturated carbocycles. The molecule has 0 heterocycles. The van der Waals surface area contributed by atoms with Crippen LogP contribution in [0.25, 0.3) is 0 Å². The number of Topliss-reactive ketones (excluding diaryl/α,β-unsaturated/α-hetero) is 1. The Morgan fingerprint density at radius 1 is 1.31 bits per heavy atom. The number of benzene rings is 1. The lowest BCUT2D eigenvalue weighted by Gasteiger charge is -2.15. The van der Waals surface area contributed by atoms with Crippen molar-refractivity contribution in [1.82, 2.24) is 0 Å². The Labute approximate surface area is 101 Å². The van der Waals surface area contributed by atoms with E-state index in [1.807, 2.05) is 44.4 Å². The predicted molar refractivity (Wildman–Crippen MR) is 67.9 cm³/mol. The molecule has 0 N–H and O–H groups in total. The van der Waals surface area contributed by atoms with Crippen molar-refractivity contribution in [3.05, 3.63) is 29.8 Å². The summed E-state index contributed by atoms with van der Waals surface area (Å²) >= 11 is 1.69. The van der Waals surface area contributed by atoms with Crippen LogP contribution in [-0.4, -0.2) is 18.6 Å². The maximum absolute atomic E-state index is 11.7. The maximum Gasteiger partial charge on any atom is 0.165 e. The van der Waals surface area contributed by atoms with Crippen molar-refractivity contribution in [2.75, 3.05) is 12.9 Å². The average Bonchev–Trinajstić information content (AvgIpc) is 2.35. The first-order chi connectivity index (χ1) is 7.72. The van der Waals surface area contributed by atoms with Crippen molar-refractivity contribution in [3.8, 4) is 0 Å². The molecule has 1 aromatic carbocycles. The molecule has 0 aliphatic rings. The Bertz CT molecular complexity index is 332. The molecule has 3 heteroatoms. The minimum atomic E-state index is -0.397. The molecule has 1 aromatic rings. The number of rotatable bonds is 6. The third-order valence-electron chi connectivity index (χ3n) is 2.39. The Morgan fingerprint density at radius 3 is 2.38 bits per heavy atom. The first kappa shape index (κ1) is 13.3. The lowest BCUT2D eigenvalue weighted by Crippen LogP contribution is -2.15. The Hall–Kier alpha value is -0.800. The second kappa shape index (κ2) is 6.71. The molecule has 16 heavy (non-hydrogen) atoms. The topological polar surface area (TPSA) is 26.3 Å². The highest BCUT2D eigenvalue weighted by Crippen LogP contribution is 2.23. The monoisotopic (exact) mass is 238 g/mol. The third kappa shape index (κ3) is 3.35. The summed E-state index contributed by atoms with van der Waals surface area (Å²) in [5.74, 6) is 0.138. The van der Waals surface area contributed by atoms with Crippen molar-refractivity contribution < 1.29 is 9.53 Å². The summed E-state index contributed by atoms with van der Waals surface area (Å²) in [7, 11) is 0. The van der Waals surface area contributed by atoms with Gasteiger partial charge < -0.3 is 4.74 Å². The fourth-order valence-electron chi connectivity index (χ4n) is 1.51. The van der Waals surface area contributed by atoms with E-state index in [0.717, 1.165) is 5.56 Å². The second-order valence-corrected chi connectivity index (χ2v) is 4.31. The summed E-state index contributed by atoms with van der Waals surface area (Å²) in [6.07, 6.45) is 2.15. The molecule has 0 amide bonds. The van der Waals surface area contributed by atoms with Crippen LogP contribution >= 0.6 is 11.8 Å². The minimum absolute atomic E-state index is 0.138. The van der Waals surface area contributed by atoms with E-state index in [2.05, 4.69) is 0 Å². The van der Waals surface area contributed by atoms with Gasteiger partial charge in [-0.3, -0.25) is 4.79 Å². The normalized spacial score (nSPS) is 12.4. The van der Waals surface area contributed by atoms with E-state index in [0.29, 0.717) is 13.0 Å². The van der Waals surface area contributed by atoms with Gasteiger partial charge >= 0.3 is 0 Å². The van der Waals surface area contributed by atoms with Gasteiger partial charge in [-0.2, -0.15) is 0 Å². The largest absolute Gasteiger partial charge is 0.366 e. The molecule has 0 saturated heterocycles. The van der Waals surface area contributed by atoms with Gasteiger partial charge in [-0.25, -0.2) is 0 Å². The molecule has 1 rings (SSSR count). The van der Waals surface area contributed by atoms with Gasteiger partial charge in [-0.05, 0) is 30.9 Å². The van der Waals surface area contributed by atoms with E-state index in [1.165, 1.54) is 4.90 Å². The van der Waals surface area contributed by atoms with Gasteiger partial charge in [0.05, 0.1) is 0 Å². The fraction of sp³-hybridized carbons (Fsp3) is 0.462. The van der Waals surface area contributed by atoms with Gasteiger partial charge in [0.25, 0.3) is 0 Å². The van der Waals surface area contributed by atoms with E-state index in [9.17, 15) is 4.79 Å². The standard InChI is InChI=1S/C13H18O2S/c1-4-12(14)13(15-5-2)10-6-8-11(16-3)9-7-10/h6-9,13H,4-5H2,1-3H3. The molecule has 0 aliphatic carbocycles. The lowest BCUT2D eigenvalue weighted by molar-refractivity contribution is -0.130. The summed E-state index contributed by atoms with van der Waals surface area (Å²) < 4.78 is 5.50. The molecule has 2 nitrogen and oxygen atoms in total. The van der Waals surface area contributed by atoms with Crippen LogP contribution in [-0.2, 0) is 9.53 Å². The van der Waals surface area contributed by atoms with Gasteiger partial charge in [0, 0.05) is 17.9 Å². The van der Waals surface area contributed by atoms with Crippen LogP contribution in [0, 0.1) is 0 Å². The molecule has 1 unspecified atom stereocenters. The van der Waals surface area contributed by atoms with Gasteiger partial charge in [-0.1, -0.05) is 19.1 Å². The molecule has 0 fully saturated rings. The van der Waals surface area contributed by atoms with Crippen molar-refractivity contribution in [2.45, 2.75) is 31.3 Å². The van der Waals surface area contributed by atoms with Crippen LogP contribution in [0.2, 0.25) is 0 Å². The molecule has 0 aromatic heterocycles.